The predicted octanol–water partition coefficient (Wildman–Crippen LogP) is 3.03. The number of piperazine rings is 1. The highest BCUT2D eigenvalue weighted by molar-refractivity contribution is 5.93. The first-order valence-electron chi connectivity index (χ1n) is 10.4. The van der Waals surface area contributed by atoms with Gasteiger partial charge in [0, 0.05) is 39.3 Å². The molecule has 0 spiro atoms. The molecule has 31 heavy (non-hydrogen) atoms. The molecule has 0 bridgehead atoms. The molecule has 1 fully saturated rings. The van der Waals surface area contributed by atoms with Crippen LogP contribution in [-0.2, 0) is 22.6 Å². The Morgan fingerprint density at radius 2 is 1.74 bits per heavy atom. The number of esters is 1. The van der Waals surface area contributed by atoms with E-state index in [9.17, 15) is 14.4 Å². The lowest BCUT2D eigenvalue weighted by atomic mass is 10.1. The second-order valence-electron chi connectivity index (χ2n) is 7.28. The van der Waals surface area contributed by atoms with Crippen LogP contribution in [0.5, 0.6) is 0 Å². The number of hydrogen-bond donors (Lipinski definition) is 1. The summed E-state index contributed by atoms with van der Waals surface area (Å²) in [5.41, 5.74) is 2.10. The fourth-order valence-corrected chi connectivity index (χ4v) is 3.52. The maximum atomic E-state index is 13.1. The first-order chi connectivity index (χ1) is 15.1. The molecule has 0 radical (unpaired) electrons. The summed E-state index contributed by atoms with van der Waals surface area (Å²) < 4.78 is 18.2. The fourth-order valence-electron chi connectivity index (χ4n) is 3.52. The van der Waals surface area contributed by atoms with Gasteiger partial charge in [0.1, 0.15) is 17.7 Å². The quantitative estimate of drug-likeness (QED) is 0.401. The van der Waals surface area contributed by atoms with E-state index in [0.717, 1.165) is 30.8 Å². The van der Waals surface area contributed by atoms with Crippen molar-refractivity contribution in [1.29, 1.82) is 5.26 Å². The summed E-state index contributed by atoms with van der Waals surface area (Å²) in [6, 6.07) is 18.4. The average Bonchev–Trinajstić information content (AvgIpc) is 2.79. The van der Waals surface area contributed by atoms with E-state index < -0.39 is 5.97 Å². The Morgan fingerprint density at radius 1 is 1.06 bits per heavy atom. The van der Waals surface area contributed by atoms with Gasteiger partial charge >= 0.3 is 5.97 Å². The van der Waals surface area contributed by atoms with Gasteiger partial charge < -0.3 is 15.0 Å². The van der Waals surface area contributed by atoms with E-state index in [1.165, 1.54) is 12.1 Å². The summed E-state index contributed by atoms with van der Waals surface area (Å²) in [5.74, 6) is -0.351. The first-order valence-corrected chi connectivity index (χ1v) is 10.4. The molecule has 3 rings (SSSR count). The van der Waals surface area contributed by atoms with Crippen molar-refractivity contribution in [2.24, 2.45) is 0 Å². The third-order valence-electron chi connectivity index (χ3n) is 5.14. The molecule has 1 saturated heterocycles. The van der Waals surface area contributed by atoms with Crippen LogP contribution in [0.15, 0.2) is 66.0 Å². The van der Waals surface area contributed by atoms with Crippen molar-refractivity contribution in [2.45, 2.75) is 20.0 Å². The lowest BCUT2D eigenvalue weighted by molar-refractivity contribution is -0.138. The highest BCUT2D eigenvalue weighted by atomic mass is 19.1. The Balaban J connectivity index is 1.71. The van der Waals surface area contributed by atoms with Crippen LogP contribution in [0.1, 0.15) is 18.1 Å². The molecule has 1 aliphatic rings. The molecule has 6 nitrogen and oxygen atoms in total. The molecule has 0 saturated carbocycles. The van der Waals surface area contributed by atoms with E-state index in [1.54, 1.807) is 19.1 Å². The van der Waals surface area contributed by atoms with Crippen molar-refractivity contribution in [1.82, 2.24) is 15.1 Å². The summed E-state index contributed by atoms with van der Waals surface area (Å²) in [6.07, 6.45) is 0. The maximum absolute atomic E-state index is 13.1. The number of nitriles is 1. The van der Waals surface area contributed by atoms with Crippen LogP contribution in [-0.4, -0.2) is 48.6 Å². The Labute approximate surface area is 182 Å². The highest BCUT2D eigenvalue weighted by Crippen LogP contribution is 2.16. The smallest absolute Gasteiger partial charge is 0.352 e. The molecule has 7 heteroatoms. The minimum Gasteiger partial charge on any atom is -0.462 e. The number of carbonyl (C=O) groups is 1. The number of rotatable bonds is 8. The van der Waals surface area contributed by atoms with Crippen LogP contribution in [0.25, 0.3) is 0 Å². The zero-order chi connectivity index (χ0) is 22.1. The zero-order valence-corrected chi connectivity index (χ0v) is 17.7. The van der Waals surface area contributed by atoms with Gasteiger partial charge in [-0.1, -0.05) is 42.5 Å². The molecule has 162 valence electrons. The standard InChI is InChI=1S/C24H27FN4O2/c1-2-31-24(30)22(16-26)23(27-17-19-6-4-3-5-7-19)29-14-12-28(13-15-29)18-20-8-10-21(25)11-9-20/h3-11,27H,2,12-15,17-18H2,1H3/b23-22-. The molecule has 0 aliphatic carbocycles. The van der Waals surface area contributed by atoms with Gasteiger partial charge in [0.25, 0.3) is 0 Å². The lowest BCUT2D eigenvalue weighted by Gasteiger charge is -2.37. The number of carbonyl (C=O) groups excluding carboxylic acids is 1. The number of nitrogens with one attached hydrogen (secondary N) is 1. The number of hydrogen-bond acceptors (Lipinski definition) is 6. The van der Waals surface area contributed by atoms with Crippen LogP contribution < -0.4 is 5.32 Å². The zero-order valence-electron chi connectivity index (χ0n) is 17.7. The Morgan fingerprint density at radius 3 is 2.35 bits per heavy atom. The van der Waals surface area contributed by atoms with Gasteiger partial charge in [-0.3, -0.25) is 4.90 Å². The minimum absolute atomic E-state index is 0.00948. The molecule has 1 N–H and O–H groups in total. The Kier molecular flexibility index (Phi) is 8.02. The normalized spacial score (nSPS) is 15.1. The number of ether oxygens (including phenoxy) is 1. The van der Waals surface area contributed by atoms with E-state index in [1.807, 2.05) is 41.3 Å². The Hall–Kier alpha value is -3.37. The van der Waals surface area contributed by atoms with Crippen LogP contribution in [0, 0.1) is 17.1 Å². The van der Waals surface area contributed by atoms with Crippen molar-refractivity contribution in [3.63, 3.8) is 0 Å². The van der Waals surface area contributed by atoms with Gasteiger partial charge in [0.05, 0.1) is 6.61 Å². The monoisotopic (exact) mass is 422 g/mol. The van der Waals surface area contributed by atoms with Gasteiger partial charge in [-0.15, -0.1) is 0 Å². The van der Waals surface area contributed by atoms with Gasteiger partial charge in [0.15, 0.2) is 5.57 Å². The molecule has 2 aromatic rings. The summed E-state index contributed by atoms with van der Waals surface area (Å²) in [5, 5.41) is 13.0. The number of nitrogens with zero attached hydrogens (tertiary/aromatic N) is 3. The summed E-state index contributed by atoms with van der Waals surface area (Å²) >= 11 is 0. The molecule has 0 amide bonds. The summed E-state index contributed by atoms with van der Waals surface area (Å²) in [7, 11) is 0. The molecular weight excluding hydrogens is 395 g/mol. The predicted molar refractivity (Wildman–Crippen MR) is 116 cm³/mol. The molecule has 1 heterocycles. The van der Waals surface area contributed by atoms with Gasteiger partial charge in [0.2, 0.25) is 0 Å². The summed E-state index contributed by atoms with van der Waals surface area (Å²) in [6.45, 7) is 5.99. The average molecular weight is 423 g/mol. The van der Waals surface area contributed by atoms with Gasteiger partial charge in [-0.05, 0) is 30.2 Å². The summed E-state index contributed by atoms with van der Waals surface area (Å²) in [4.78, 5) is 16.7. The topological polar surface area (TPSA) is 68.6 Å². The van der Waals surface area contributed by atoms with Crippen LogP contribution in [0.2, 0.25) is 0 Å². The third kappa shape index (κ3) is 6.30. The first kappa shape index (κ1) is 22.3. The van der Waals surface area contributed by atoms with E-state index in [0.29, 0.717) is 25.5 Å². The van der Waals surface area contributed by atoms with Gasteiger partial charge in [-0.25, -0.2) is 9.18 Å². The molecule has 1 aliphatic heterocycles. The van der Waals surface area contributed by atoms with Crippen molar-refractivity contribution < 1.29 is 13.9 Å². The minimum atomic E-state index is -0.616. The van der Waals surface area contributed by atoms with E-state index in [-0.39, 0.29) is 18.0 Å². The van der Waals surface area contributed by atoms with Crippen molar-refractivity contribution in [3.05, 3.63) is 82.9 Å². The lowest BCUT2D eigenvalue weighted by Crippen LogP contribution is -2.48. The maximum Gasteiger partial charge on any atom is 0.352 e. The molecule has 0 aromatic heterocycles. The molecule has 0 atom stereocenters. The van der Waals surface area contributed by atoms with Crippen molar-refractivity contribution in [2.75, 3.05) is 32.8 Å². The SMILES string of the molecule is CCOC(=O)/C(C#N)=C(/NCc1ccccc1)N1CCN(Cc2ccc(F)cc2)CC1. The molecule has 0 unspecified atom stereocenters. The van der Waals surface area contributed by atoms with E-state index in [4.69, 9.17) is 4.74 Å². The fraction of sp³-hybridized carbons (Fsp3) is 0.333. The van der Waals surface area contributed by atoms with Gasteiger partial charge in [-0.2, -0.15) is 5.26 Å². The second kappa shape index (κ2) is 11.1. The van der Waals surface area contributed by atoms with Crippen LogP contribution in [0.4, 0.5) is 4.39 Å². The van der Waals surface area contributed by atoms with Crippen LogP contribution in [0.3, 0.4) is 0 Å². The number of benzene rings is 2. The van der Waals surface area contributed by atoms with Crippen molar-refractivity contribution in [3.8, 4) is 6.07 Å². The highest BCUT2D eigenvalue weighted by Gasteiger charge is 2.25. The van der Waals surface area contributed by atoms with Crippen molar-refractivity contribution >= 4 is 5.97 Å². The Bertz CT molecular complexity index is 930. The molecular formula is C24H27FN4O2. The van der Waals surface area contributed by atoms with Crippen LogP contribution >= 0.6 is 0 Å². The largest absolute Gasteiger partial charge is 0.462 e. The molecule has 2 aromatic carbocycles. The van der Waals surface area contributed by atoms with E-state index in [2.05, 4.69) is 10.2 Å². The second-order valence-corrected chi connectivity index (χ2v) is 7.28. The third-order valence-corrected chi connectivity index (χ3v) is 5.14. The number of halogens is 1. The van der Waals surface area contributed by atoms with E-state index >= 15 is 0 Å².